The molecule has 5 N–H and O–H groups in total. The standard InChI is InChI=1S/C12H16ClN3O3/c13-10-4-2-1-3-8(10)5-9(14)6-16(12(18)19)7-11(15)17/h1-4,9H,5-7,14H2,(H2,15,17)(H,18,19). The minimum atomic E-state index is -1.23. The molecule has 1 rings (SSSR count). The fourth-order valence-corrected chi connectivity index (χ4v) is 1.91. The number of hydrogen-bond acceptors (Lipinski definition) is 3. The van der Waals surface area contributed by atoms with Gasteiger partial charge in [-0.3, -0.25) is 9.69 Å². The van der Waals surface area contributed by atoms with Crippen LogP contribution in [0.1, 0.15) is 5.56 Å². The quantitative estimate of drug-likeness (QED) is 0.713. The number of rotatable bonds is 6. The first kappa shape index (κ1) is 15.3. The van der Waals surface area contributed by atoms with Gasteiger partial charge in [-0.15, -0.1) is 0 Å². The molecule has 1 aromatic carbocycles. The molecule has 6 nitrogen and oxygen atoms in total. The SMILES string of the molecule is NC(=O)CN(CC(N)Cc1ccccc1Cl)C(=O)O. The summed E-state index contributed by atoms with van der Waals surface area (Å²) in [4.78, 5) is 22.6. The molecule has 0 fully saturated rings. The molecule has 0 saturated carbocycles. The van der Waals surface area contributed by atoms with Crippen LogP contribution in [0, 0.1) is 0 Å². The van der Waals surface area contributed by atoms with Gasteiger partial charge in [-0.25, -0.2) is 4.79 Å². The normalized spacial score (nSPS) is 11.9. The first-order valence-corrected chi connectivity index (χ1v) is 6.03. The van der Waals surface area contributed by atoms with Crippen LogP contribution in [0.5, 0.6) is 0 Å². The summed E-state index contributed by atoms with van der Waals surface area (Å²) in [5.41, 5.74) is 11.7. The number of nitrogens with two attached hydrogens (primary N) is 2. The molecule has 0 heterocycles. The van der Waals surface area contributed by atoms with Gasteiger partial charge in [-0.05, 0) is 18.1 Å². The molecule has 1 unspecified atom stereocenters. The van der Waals surface area contributed by atoms with Gasteiger partial charge < -0.3 is 16.6 Å². The number of nitrogens with zero attached hydrogens (tertiary/aromatic N) is 1. The minimum Gasteiger partial charge on any atom is -0.465 e. The zero-order valence-electron chi connectivity index (χ0n) is 10.3. The van der Waals surface area contributed by atoms with E-state index in [1.54, 1.807) is 12.1 Å². The van der Waals surface area contributed by atoms with Gasteiger partial charge >= 0.3 is 6.09 Å². The van der Waals surface area contributed by atoms with Crippen molar-refractivity contribution in [2.24, 2.45) is 11.5 Å². The lowest BCUT2D eigenvalue weighted by atomic mass is 10.1. The molecule has 0 aliphatic rings. The Morgan fingerprint density at radius 1 is 1.37 bits per heavy atom. The van der Waals surface area contributed by atoms with E-state index in [4.69, 9.17) is 28.2 Å². The van der Waals surface area contributed by atoms with Gasteiger partial charge in [0, 0.05) is 17.6 Å². The van der Waals surface area contributed by atoms with Gasteiger partial charge in [0.2, 0.25) is 5.91 Å². The second-order valence-corrected chi connectivity index (χ2v) is 4.59. The van der Waals surface area contributed by atoms with Crippen molar-refractivity contribution in [1.29, 1.82) is 0 Å². The summed E-state index contributed by atoms with van der Waals surface area (Å²) in [5.74, 6) is -0.715. The van der Waals surface area contributed by atoms with E-state index in [-0.39, 0.29) is 13.1 Å². The molecule has 7 heteroatoms. The van der Waals surface area contributed by atoms with E-state index >= 15 is 0 Å². The average Bonchev–Trinajstić information content (AvgIpc) is 2.30. The number of carboxylic acid groups (broad SMARTS) is 1. The first-order chi connectivity index (χ1) is 8.90. The van der Waals surface area contributed by atoms with Crippen molar-refractivity contribution in [1.82, 2.24) is 4.90 Å². The van der Waals surface area contributed by atoms with Crippen LogP contribution >= 0.6 is 11.6 Å². The molecule has 0 aliphatic carbocycles. The van der Waals surface area contributed by atoms with Gasteiger partial charge in [0.1, 0.15) is 6.54 Å². The highest BCUT2D eigenvalue weighted by molar-refractivity contribution is 6.31. The molecule has 19 heavy (non-hydrogen) atoms. The van der Waals surface area contributed by atoms with Crippen LogP contribution in [0.4, 0.5) is 4.79 Å². The molecule has 1 aromatic rings. The molecule has 104 valence electrons. The van der Waals surface area contributed by atoms with Crippen molar-refractivity contribution in [2.75, 3.05) is 13.1 Å². The Morgan fingerprint density at radius 3 is 2.53 bits per heavy atom. The van der Waals surface area contributed by atoms with Gasteiger partial charge in [-0.1, -0.05) is 29.8 Å². The van der Waals surface area contributed by atoms with Crippen molar-refractivity contribution in [3.05, 3.63) is 34.9 Å². The number of halogens is 1. The fraction of sp³-hybridized carbons (Fsp3) is 0.333. The third-order valence-electron chi connectivity index (χ3n) is 2.51. The van der Waals surface area contributed by atoms with Crippen LogP contribution in [0.2, 0.25) is 5.02 Å². The maximum atomic E-state index is 10.9. The van der Waals surface area contributed by atoms with E-state index in [1.807, 2.05) is 12.1 Å². The third kappa shape index (κ3) is 5.15. The summed E-state index contributed by atoms with van der Waals surface area (Å²) >= 11 is 5.99. The maximum Gasteiger partial charge on any atom is 0.407 e. The largest absolute Gasteiger partial charge is 0.465 e. The van der Waals surface area contributed by atoms with E-state index in [0.717, 1.165) is 10.5 Å². The van der Waals surface area contributed by atoms with Crippen molar-refractivity contribution in [3.8, 4) is 0 Å². The van der Waals surface area contributed by atoms with Crippen molar-refractivity contribution >= 4 is 23.6 Å². The van der Waals surface area contributed by atoms with Crippen LogP contribution in [0.15, 0.2) is 24.3 Å². The topological polar surface area (TPSA) is 110 Å². The maximum absolute atomic E-state index is 10.9. The van der Waals surface area contributed by atoms with Crippen LogP contribution in [0.25, 0.3) is 0 Å². The molecule has 0 aliphatic heterocycles. The molecular weight excluding hydrogens is 270 g/mol. The lowest BCUT2D eigenvalue weighted by Gasteiger charge is -2.22. The Hall–Kier alpha value is -1.79. The summed E-state index contributed by atoms with van der Waals surface area (Å²) < 4.78 is 0. The van der Waals surface area contributed by atoms with Crippen LogP contribution in [-0.2, 0) is 11.2 Å². The van der Waals surface area contributed by atoms with E-state index in [2.05, 4.69) is 0 Å². The lowest BCUT2D eigenvalue weighted by molar-refractivity contribution is -0.118. The van der Waals surface area contributed by atoms with Gasteiger partial charge in [0.05, 0.1) is 0 Å². The summed E-state index contributed by atoms with van der Waals surface area (Å²) in [6.45, 7) is -0.352. The number of amides is 2. The monoisotopic (exact) mass is 285 g/mol. The highest BCUT2D eigenvalue weighted by atomic mass is 35.5. The van der Waals surface area contributed by atoms with E-state index in [9.17, 15) is 9.59 Å². The fourth-order valence-electron chi connectivity index (χ4n) is 1.69. The summed E-state index contributed by atoms with van der Waals surface area (Å²) in [7, 11) is 0. The second-order valence-electron chi connectivity index (χ2n) is 4.19. The van der Waals surface area contributed by atoms with Crippen LogP contribution < -0.4 is 11.5 Å². The zero-order chi connectivity index (χ0) is 14.4. The highest BCUT2D eigenvalue weighted by Gasteiger charge is 2.18. The Balaban J connectivity index is 2.62. The van der Waals surface area contributed by atoms with Crippen LogP contribution in [-0.4, -0.2) is 41.1 Å². The van der Waals surface area contributed by atoms with Crippen molar-refractivity contribution in [3.63, 3.8) is 0 Å². The molecule has 0 saturated heterocycles. The smallest absolute Gasteiger partial charge is 0.407 e. The summed E-state index contributed by atoms with van der Waals surface area (Å²) in [6, 6.07) is 6.72. The molecule has 0 bridgehead atoms. The second kappa shape index (κ2) is 6.96. The molecule has 0 spiro atoms. The molecule has 0 aromatic heterocycles. The Morgan fingerprint density at radius 2 is 2.00 bits per heavy atom. The summed E-state index contributed by atoms with van der Waals surface area (Å²) in [6.07, 6.45) is -0.809. The highest BCUT2D eigenvalue weighted by Crippen LogP contribution is 2.16. The predicted octanol–water partition coefficient (Wildman–Crippen LogP) is 0.675. The molecule has 0 radical (unpaired) electrons. The summed E-state index contributed by atoms with van der Waals surface area (Å²) in [5, 5.41) is 9.51. The third-order valence-corrected chi connectivity index (χ3v) is 2.88. The Bertz CT molecular complexity index is 467. The molecule has 2 amide bonds. The predicted molar refractivity (Wildman–Crippen MR) is 71.9 cm³/mol. The molecular formula is C12H16ClN3O3. The van der Waals surface area contributed by atoms with Gasteiger partial charge in [0.25, 0.3) is 0 Å². The van der Waals surface area contributed by atoms with Crippen molar-refractivity contribution < 1.29 is 14.7 Å². The van der Waals surface area contributed by atoms with Crippen LogP contribution in [0.3, 0.4) is 0 Å². The average molecular weight is 286 g/mol. The minimum absolute atomic E-state index is 0.0174. The number of benzene rings is 1. The van der Waals surface area contributed by atoms with Gasteiger partial charge in [0.15, 0.2) is 0 Å². The van der Waals surface area contributed by atoms with E-state index in [1.165, 1.54) is 0 Å². The Labute approximate surface area is 115 Å². The van der Waals surface area contributed by atoms with Gasteiger partial charge in [-0.2, -0.15) is 0 Å². The number of primary amides is 1. The zero-order valence-corrected chi connectivity index (χ0v) is 11.0. The number of carbonyl (C=O) groups excluding carboxylic acids is 1. The van der Waals surface area contributed by atoms with Crippen molar-refractivity contribution in [2.45, 2.75) is 12.5 Å². The number of carbonyl (C=O) groups is 2. The van der Waals surface area contributed by atoms with E-state index < -0.39 is 18.0 Å². The first-order valence-electron chi connectivity index (χ1n) is 5.65. The van der Waals surface area contributed by atoms with E-state index in [0.29, 0.717) is 11.4 Å². The number of hydrogen-bond donors (Lipinski definition) is 3. The Kier molecular flexibility index (Phi) is 5.59. The lowest BCUT2D eigenvalue weighted by Crippen LogP contribution is -2.45. The molecule has 1 atom stereocenters.